The second-order valence-electron chi connectivity index (χ2n) is 6.24. The van der Waals surface area contributed by atoms with Crippen molar-refractivity contribution in [2.45, 2.75) is 45.3 Å². The summed E-state index contributed by atoms with van der Waals surface area (Å²) in [6.45, 7) is 8.18. The lowest BCUT2D eigenvalue weighted by molar-refractivity contribution is 0.0733. The smallest absolute Gasteiger partial charge is 0.0649 e. The van der Waals surface area contributed by atoms with Gasteiger partial charge in [0.05, 0.1) is 12.7 Å². The third-order valence-corrected chi connectivity index (χ3v) is 4.38. The Morgan fingerprint density at radius 2 is 2.00 bits per heavy atom. The van der Waals surface area contributed by atoms with Gasteiger partial charge in [-0.3, -0.25) is 0 Å². The van der Waals surface area contributed by atoms with Crippen LogP contribution < -0.4 is 5.32 Å². The Hall–Kier alpha value is -1.32. The average molecular weight is 286 g/mol. The summed E-state index contributed by atoms with van der Waals surface area (Å²) in [6, 6.07) is 8.79. The monoisotopic (exact) mass is 286 g/mol. The predicted molar refractivity (Wildman–Crippen MR) is 87.9 cm³/mol. The summed E-state index contributed by atoms with van der Waals surface area (Å²) >= 11 is 0. The fourth-order valence-electron chi connectivity index (χ4n) is 3.31. The van der Waals surface area contributed by atoms with Crippen molar-refractivity contribution >= 4 is 10.9 Å². The van der Waals surface area contributed by atoms with Crippen LogP contribution in [0.15, 0.2) is 30.5 Å². The lowest BCUT2D eigenvalue weighted by Gasteiger charge is -2.22. The molecule has 0 radical (unpaired) electrons. The molecule has 0 amide bonds. The van der Waals surface area contributed by atoms with Crippen LogP contribution in [0, 0.1) is 0 Å². The zero-order valence-corrected chi connectivity index (χ0v) is 13.1. The molecule has 0 spiro atoms. The standard InChI is InChI=1S/C18H26N2O/c1-14(2)21-12-11-20-13-17(15-7-9-19-10-8-15)16-5-3-4-6-18(16)20/h3-6,13-15,19H,7-12H2,1-2H3. The Balaban J connectivity index is 1.86. The lowest BCUT2D eigenvalue weighted by atomic mass is 9.90. The van der Waals surface area contributed by atoms with E-state index in [1.165, 1.54) is 29.3 Å². The topological polar surface area (TPSA) is 26.2 Å². The number of hydrogen-bond donors (Lipinski definition) is 1. The van der Waals surface area contributed by atoms with Crippen LogP contribution >= 0.6 is 0 Å². The summed E-state index contributed by atoms with van der Waals surface area (Å²) in [7, 11) is 0. The van der Waals surface area contributed by atoms with Gasteiger partial charge in [0.2, 0.25) is 0 Å². The third-order valence-electron chi connectivity index (χ3n) is 4.38. The first-order valence-electron chi connectivity index (χ1n) is 8.16. The Labute approximate surface area is 127 Å². The van der Waals surface area contributed by atoms with Gasteiger partial charge in [-0.2, -0.15) is 0 Å². The van der Waals surface area contributed by atoms with Gasteiger partial charge in [-0.25, -0.2) is 0 Å². The van der Waals surface area contributed by atoms with Gasteiger partial charge in [-0.05, 0) is 57.3 Å². The number of ether oxygens (including phenoxy) is 1. The molecule has 2 heterocycles. The second kappa shape index (κ2) is 6.63. The van der Waals surface area contributed by atoms with Crippen LogP contribution in [0.2, 0.25) is 0 Å². The molecule has 0 bridgehead atoms. The second-order valence-corrected chi connectivity index (χ2v) is 6.24. The van der Waals surface area contributed by atoms with Crippen LogP contribution in [0.3, 0.4) is 0 Å². The van der Waals surface area contributed by atoms with E-state index >= 15 is 0 Å². The van der Waals surface area contributed by atoms with E-state index in [-0.39, 0.29) is 0 Å². The largest absolute Gasteiger partial charge is 0.377 e. The van der Waals surface area contributed by atoms with E-state index in [4.69, 9.17) is 4.74 Å². The molecule has 3 nitrogen and oxygen atoms in total. The van der Waals surface area contributed by atoms with Crippen molar-refractivity contribution in [3.05, 3.63) is 36.0 Å². The number of fused-ring (bicyclic) bond motifs is 1. The van der Waals surface area contributed by atoms with E-state index in [2.05, 4.69) is 54.2 Å². The summed E-state index contributed by atoms with van der Waals surface area (Å²) in [6.07, 6.45) is 5.16. The molecule has 21 heavy (non-hydrogen) atoms. The van der Waals surface area contributed by atoms with Crippen LogP contribution in [0.5, 0.6) is 0 Å². The molecule has 1 aromatic carbocycles. The molecule has 0 saturated carbocycles. The van der Waals surface area contributed by atoms with Gasteiger partial charge in [0.15, 0.2) is 0 Å². The van der Waals surface area contributed by atoms with Gasteiger partial charge in [-0.15, -0.1) is 0 Å². The van der Waals surface area contributed by atoms with Crippen LogP contribution in [-0.4, -0.2) is 30.4 Å². The van der Waals surface area contributed by atoms with Gasteiger partial charge >= 0.3 is 0 Å². The highest BCUT2D eigenvalue weighted by molar-refractivity contribution is 5.84. The van der Waals surface area contributed by atoms with E-state index in [9.17, 15) is 0 Å². The first-order chi connectivity index (χ1) is 10.3. The molecule has 1 N–H and O–H groups in total. The van der Waals surface area contributed by atoms with Crippen LogP contribution in [0.25, 0.3) is 10.9 Å². The molecule has 1 aliphatic heterocycles. The highest BCUT2D eigenvalue weighted by Crippen LogP contribution is 2.32. The predicted octanol–water partition coefficient (Wildman–Crippen LogP) is 3.53. The molecule has 2 aromatic rings. The minimum absolute atomic E-state index is 0.302. The molecule has 1 fully saturated rings. The number of rotatable bonds is 5. The number of nitrogens with zero attached hydrogens (tertiary/aromatic N) is 1. The molecule has 1 saturated heterocycles. The van der Waals surface area contributed by atoms with E-state index in [0.717, 1.165) is 26.2 Å². The van der Waals surface area contributed by atoms with Crippen molar-refractivity contribution in [3.63, 3.8) is 0 Å². The quantitative estimate of drug-likeness (QED) is 0.910. The molecule has 1 aromatic heterocycles. The lowest BCUT2D eigenvalue weighted by Crippen LogP contribution is -2.26. The average Bonchev–Trinajstić information content (AvgIpc) is 2.87. The Bertz CT molecular complexity index is 582. The highest BCUT2D eigenvalue weighted by atomic mass is 16.5. The molecular weight excluding hydrogens is 260 g/mol. The van der Waals surface area contributed by atoms with Crippen LogP contribution in [0.4, 0.5) is 0 Å². The molecule has 0 aliphatic carbocycles. The van der Waals surface area contributed by atoms with Crippen molar-refractivity contribution in [2.24, 2.45) is 0 Å². The molecule has 0 unspecified atom stereocenters. The number of benzene rings is 1. The summed E-state index contributed by atoms with van der Waals surface area (Å²) in [5, 5.41) is 4.88. The Morgan fingerprint density at radius 1 is 1.24 bits per heavy atom. The maximum absolute atomic E-state index is 5.72. The van der Waals surface area contributed by atoms with Crippen molar-refractivity contribution in [1.29, 1.82) is 0 Å². The molecule has 0 atom stereocenters. The maximum atomic E-state index is 5.72. The number of para-hydroxylation sites is 1. The molecule has 3 heteroatoms. The third kappa shape index (κ3) is 3.30. The minimum Gasteiger partial charge on any atom is -0.377 e. The zero-order valence-electron chi connectivity index (χ0n) is 13.1. The first-order valence-corrected chi connectivity index (χ1v) is 8.16. The molecule has 1 aliphatic rings. The SMILES string of the molecule is CC(C)OCCn1cc(C2CCNCC2)c2ccccc21. The minimum atomic E-state index is 0.302. The summed E-state index contributed by atoms with van der Waals surface area (Å²) in [4.78, 5) is 0. The van der Waals surface area contributed by atoms with Crippen molar-refractivity contribution in [1.82, 2.24) is 9.88 Å². The maximum Gasteiger partial charge on any atom is 0.0649 e. The van der Waals surface area contributed by atoms with Gasteiger partial charge in [0.25, 0.3) is 0 Å². The van der Waals surface area contributed by atoms with Gasteiger partial charge < -0.3 is 14.6 Å². The Kier molecular flexibility index (Phi) is 4.61. The normalized spacial score (nSPS) is 16.9. The number of hydrogen-bond acceptors (Lipinski definition) is 2. The van der Waals surface area contributed by atoms with Gasteiger partial charge in [0, 0.05) is 23.6 Å². The number of aromatic nitrogens is 1. The molecule has 3 rings (SSSR count). The first kappa shape index (κ1) is 14.6. The van der Waals surface area contributed by atoms with E-state index in [1.807, 2.05) is 0 Å². The van der Waals surface area contributed by atoms with Crippen molar-refractivity contribution in [3.8, 4) is 0 Å². The fraction of sp³-hybridized carbons (Fsp3) is 0.556. The van der Waals surface area contributed by atoms with E-state index in [0.29, 0.717) is 12.0 Å². The number of nitrogens with one attached hydrogen (secondary N) is 1. The zero-order chi connectivity index (χ0) is 14.7. The van der Waals surface area contributed by atoms with Gasteiger partial charge in [0.1, 0.15) is 0 Å². The molecular formula is C18H26N2O. The summed E-state index contributed by atoms with van der Waals surface area (Å²) in [5.74, 6) is 0.698. The van der Waals surface area contributed by atoms with Crippen molar-refractivity contribution in [2.75, 3.05) is 19.7 Å². The summed E-state index contributed by atoms with van der Waals surface area (Å²) in [5.41, 5.74) is 2.87. The van der Waals surface area contributed by atoms with E-state index in [1.54, 1.807) is 0 Å². The Morgan fingerprint density at radius 3 is 2.76 bits per heavy atom. The highest BCUT2D eigenvalue weighted by Gasteiger charge is 2.19. The number of piperidine rings is 1. The molecule has 114 valence electrons. The van der Waals surface area contributed by atoms with E-state index < -0.39 is 0 Å². The van der Waals surface area contributed by atoms with Crippen LogP contribution in [0.1, 0.15) is 38.2 Å². The fourth-order valence-corrected chi connectivity index (χ4v) is 3.31. The summed E-state index contributed by atoms with van der Waals surface area (Å²) < 4.78 is 8.09. The van der Waals surface area contributed by atoms with Crippen LogP contribution in [-0.2, 0) is 11.3 Å². The van der Waals surface area contributed by atoms with Gasteiger partial charge in [-0.1, -0.05) is 18.2 Å². The van der Waals surface area contributed by atoms with Crippen molar-refractivity contribution < 1.29 is 4.74 Å².